The van der Waals surface area contributed by atoms with Crippen molar-refractivity contribution in [3.8, 4) is 11.3 Å². The Kier molecular flexibility index (Phi) is 5.85. The minimum atomic E-state index is -3.96. The lowest BCUT2D eigenvalue weighted by atomic mass is 9.96. The van der Waals surface area contributed by atoms with Crippen LogP contribution < -0.4 is 4.72 Å². The van der Waals surface area contributed by atoms with Crippen molar-refractivity contribution in [3.63, 3.8) is 0 Å². The number of sulfonamides is 1. The molecule has 0 saturated carbocycles. The quantitative estimate of drug-likeness (QED) is 0.631. The molecule has 1 aliphatic rings. The number of aromatic nitrogens is 1. The molecule has 0 bridgehead atoms. The standard InChI is InChI=1S/C21H18FN3O3S2/c22-18-13-15(30(27,28)25-21-24-11-12-29-21)8-9-16(18)20(26)17-7-4-10-23-19(17)14-5-2-1-3-6-14/h1-10,13,20,26H,11-12H2,(H,24,25). The van der Waals surface area contributed by atoms with E-state index in [2.05, 4.69) is 14.7 Å². The van der Waals surface area contributed by atoms with Crippen molar-refractivity contribution in [2.24, 2.45) is 4.99 Å². The van der Waals surface area contributed by atoms with Crippen molar-refractivity contribution >= 4 is 27.0 Å². The highest BCUT2D eigenvalue weighted by Crippen LogP contribution is 2.32. The fourth-order valence-electron chi connectivity index (χ4n) is 3.11. The number of aliphatic hydroxyl groups excluding tert-OH is 1. The van der Waals surface area contributed by atoms with Gasteiger partial charge < -0.3 is 5.11 Å². The number of nitrogens with one attached hydrogen (secondary N) is 1. The van der Waals surface area contributed by atoms with Crippen LogP contribution in [0.4, 0.5) is 4.39 Å². The third-order valence-electron chi connectivity index (χ3n) is 4.56. The van der Waals surface area contributed by atoms with Gasteiger partial charge in [0.1, 0.15) is 11.9 Å². The SMILES string of the molecule is O=S(=O)(NC1=NCCS1)c1ccc(C(O)c2cccnc2-c2ccccc2)c(F)c1. The molecule has 154 valence electrons. The Morgan fingerprint density at radius 1 is 1.07 bits per heavy atom. The van der Waals surface area contributed by atoms with Gasteiger partial charge in [-0.25, -0.2) is 12.8 Å². The van der Waals surface area contributed by atoms with Crippen molar-refractivity contribution in [3.05, 3.63) is 83.8 Å². The van der Waals surface area contributed by atoms with E-state index in [4.69, 9.17) is 0 Å². The van der Waals surface area contributed by atoms with E-state index in [1.807, 2.05) is 30.3 Å². The molecule has 1 aromatic heterocycles. The van der Waals surface area contributed by atoms with Gasteiger partial charge in [-0.3, -0.25) is 14.7 Å². The summed E-state index contributed by atoms with van der Waals surface area (Å²) in [6.07, 6.45) is 0.286. The number of benzene rings is 2. The van der Waals surface area contributed by atoms with Gasteiger partial charge in [-0.1, -0.05) is 54.2 Å². The third kappa shape index (κ3) is 4.23. The Bertz CT molecular complexity index is 1200. The highest BCUT2D eigenvalue weighted by Gasteiger charge is 2.24. The fourth-order valence-corrected chi connectivity index (χ4v) is 5.15. The average Bonchev–Trinajstić information content (AvgIpc) is 3.26. The van der Waals surface area contributed by atoms with Crippen molar-refractivity contribution in [2.75, 3.05) is 12.3 Å². The summed E-state index contributed by atoms with van der Waals surface area (Å²) >= 11 is 1.29. The first-order valence-electron chi connectivity index (χ1n) is 9.13. The number of aliphatic hydroxyl groups is 1. The van der Waals surface area contributed by atoms with E-state index in [0.29, 0.717) is 28.7 Å². The van der Waals surface area contributed by atoms with Crippen LogP contribution in [0.15, 0.2) is 76.7 Å². The molecule has 6 nitrogen and oxygen atoms in total. The number of aliphatic imine (C=N–C) groups is 1. The third-order valence-corrected chi connectivity index (χ3v) is 6.92. The molecular weight excluding hydrogens is 425 g/mol. The summed E-state index contributed by atoms with van der Waals surface area (Å²) in [5, 5.41) is 11.2. The van der Waals surface area contributed by atoms with Crippen molar-refractivity contribution in [2.45, 2.75) is 11.0 Å². The number of rotatable bonds is 5. The maximum atomic E-state index is 14.9. The molecule has 1 aliphatic heterocycles. The first-order chi connectivity index (χ1) is 14.5. The maximum absolute atomic E-state index is 14.9. The first kappa shape index (κ1) is 20.5. The van der Waals surface area contributed by atoms with Crippen LogP contribution >= 0.6 is 11.8 Å². The van der Waals surface area contributed by atoms with Crippen LogP contribution in [0.3, 0.4) is 0 Å². The summed E-state index contributed by atoms with van der Waals surface area (Å²) in [4.78, 5) is 8.14. The Balaban J connectivity index is 1.66. The molecule has 0 saturated heterocycles. The van der Waals surface area contributed by atoms with Gasteiger partial charge in [-0.2, -0.15) is 0 Å². The maximum Gasteiger partial charge on any atom is 0.263 e. The van der Waals surface area contributed by atoms with Gasteiger partial charge in [-0.15, -0.1) is 0 Å². The van der Waals surface area contributed by atoms with E-state index in [0.717, 1.165) is 11.6 Å². The number of nitrogens with zero attached hydrogens (tertiary/aromatic N) is 2. The molecule has 0 aliphatic carbocycles. The minimum absolute atomic E-state index is 0.0355. The van der Waals surface area contributed by atoms with Crippen LogP contribution in [0.5, 0.6) is 0 Å². The topological polar surface area (TPSA) is 91.7 Å². The van der Waals surface area contributed by atoms with Gasteiger partial charge in [0.15, 0.2) is 5.17 Å². The van der Waals surface area contributed by atoms with E-state index in [9.17, 15) is 17.9 Å². The van der Waals surface area contributed by atoms with E-state index < -0.39 is 21.9 Å². The monoisotopic (exact) mass is 443 g/mol. The summed E-state index contributed by atoms with van der Waals surface area (Å²) in [6.45, 7) is 0.539. The van der Waals surface area contributed by atoms with Crippen LogP contribution in [0.25, 0.3) is 11.3 Å². The molecule has 1 atom stereocenters. The van der Waals surface area contributed by atoms with E-state index in [-0.39, 0.29) is 10.5 Å². The van der Waals surface area contributed by atoms with Crippen molar-refractivity contribution in [1.29, 1.82) is 0 Å². The second-order valence-electron chi connectivity index (χ2n) is 6.53. The number of halogens is 1. The summed E-state index contributed by atoms with van der Waals surface area (Å²) in [7, 11) is -3.96. The van der Waals surface area contributed by atoms with Gasteiger partial charge in [0, 0.05) is 28.6 Å². The van der Waals surface area contributed by atoms with Crippen LogP contribution in [-0.2, 0) is 10.0 Å². The van der Waals surface area contributed by atoms with Crippen LogP contribution in [0.1, 0.15) is 17.2 Å². The van der Waals surface area contributed by atoms with E-state index >= 15 is 0 Å². The van der Waals surface area contributed by atoms with Crippen LogP contribution in [0, 0.1) is 5.82 Å². The molecule has 0 fully saturated rings. The van der Waals surface area contributed by atoms with Crippen LogP contribution in [-0.4, -0.2) is 36.0 Å². The molecule has 30 heavy (non-hydrogen) atoms. The Hall–Kier alpha value is -2.75. The molecule has 0 spiro atoms. The smallest absolute Gasteiger partial charge is 0.263 e. The number of amidine groups is 1. The number of hydrogen-bond donors (Lipinski definition) is 2. The zero-order valence-corrected chi connectivity index (χ0v) is 17.3. The number of pyridine rings is 1. The zero-order valence-electron chi connectivity index (χ0n) is 15.7. The lowest BCUT2D eigenvalue weighted by molar-refractivity contribution is 0.215. The molecule has 0 amide bonds. The second kappa shape index (κ2) is 8.55. The molecule has 1 unspecified atom stereocenters. The second-order valence-corrected chi connectivity index (χ2v) is 9.30. The van der Waals surface area contributed by atoms with Gasteiger partial charge in [0.05, 0.1) is 17.1 Å². The summed E-state index contributed by atoms with van der Waals surface area (Å²) in [5.41, 5.74) is 1.70. The van der Waals surface area contributed by atoms with E-state index in [1.54, 1.807) is 18.3 Å². The zero-order chi connectivity index (χ0) is 21.1. The molecule has 2 N–H and O–H groups in total. The normalized spacial score (nSPS) is 14.9. The lowest BCUT2D eigenvalue weighted by Crippen LogP contribution is -2.27. The van der Waals surface area contributed by atoms with Crippen molar-refractivity contribution < 1.29 is 17.9 Å². The van der Waals surface area contributed by atoms with Gasteiger partial charge in [-0.05, 0) is 18.2 Å². The minimum Gasteiger partial charge on any atom is -0.383 e. The van der Waals surface area contributed by atoms with Crippen LogP contribution in [0.2, 0.25) is 0 Å². The van der Waals surface area contributed by atoms with Crippen molar-refractivity contribution in [1.82, 2.24) is 9.71 Å². The molecular formula is C21H18FN3O3S2. The van der Waals surface area contributed by atoms with Gasteiger partial charge in [0.25, 0.3) is 10.0 Å². The Labute approximate surface area is 178 Å². The Morgan fingerprint density at radius 2 is 1.87 bits per heavy atom. The predicted molar refractivity (Wildman–Crippen MR) is 115 cm³/mol. The highest BCUT2D eigenvalue weighted by molar-refractivity contribution is 8.15. The molecule has 3 aromatic rings. The summed E-state index contributed by atoms with van der Waals surface area (Å²) < 4.78 is 42.2. The first-order valence-corrected chi connectivity index (χ1v) is 11.6. The summed E-state index contributed by atoms with van der Waals surface area (Å²) in [5.74, 6) is -0.124. The fraction of sp³-hybridized carbons (Fsp3) is 0.143. The molecule has 0 radical (unpaired) electrons. The number of hydrogen-bond acceptors (Lipinski definition) is 6. The predicted octanol–water partition coefficient (Wildman–Crippen LogP) is 3.35. The van der Waals surface area contributed by atoms with Gasteiger partial charge >= 0.3 is 0 Å². The molecule has 9 heteroatoms. The molecule has 2 heterocycles. The van der Waals surface area contributed by atoms with E-state index in [1.165, 1.54) is 23.9 Å². The molecule has 4 rings (SSSR count). The summed E-state index contributed by atoms with van der Waals surface area (Å²) in [6, 6.07) is 16.0. The Morgan fingerprint density at radius 3 is 2.57 bits per heavy atom. The average molecular weight is 444 g/mol. The molecule has 2 aromatic carbocycles. The lowest BCUT2D eigenvalue weighted by Gasteiger charge is -2.17. The largest absolute Gasteiger partial charge is 0.383 e. The highest BCUT2D eigenvalue weighted by atomic mass is 32.2. The van der Waals surface area contributed by atoms with Gasteiger partial charge in [0.2, 0.25) is 0 Å². The number of thioether (sulfide) groups is 1.